The maximum atomic E-state index is 13.7. The van der Waals surface area contributed by atoms with E-state index >= 15 is 0 Å². The van der Waals surface area contributed by atoms with Crippen molar-refractivity contribution in [1.82, 2.24) is 20.1 Å². The van der Waals surface area contributed by atoms with Gasteiger partial charge in [0.25, 0.3) is 5.91 Å². The van der Waals surface area contributed by atoms with E-state index in [1.807, 2.05) is 18.4 Å². The van der Waals surface area contributed by atoms with Crippen molar-refractivity contribution in [3.63, 3.8) is 0 Å². The average molecular weight is 458 g/mol. The van der Waals surface area contributed by atoms with Gasteiger partial charge in [-0.1, -0.05) is 23.9 Å². The molecule has 2 aromatic carbocycles. The van der Waals surface area contributed by atoms with E-state index < -0.39 is 11.9 Å². The molecule has 0 fully saturated rings. The monoisotopic (exact) mass is 457 g/mol. The highest BCUT2D eigenvalue weighted by molar-refractivity contribution is 7.99. The molecular formula is C22H24FN5O3S. The van der Waals surface area contributed by atoms with Crippen molar-refractivity contribution in [3.8, 4) is 5.75 Å². The van der Waals surface area contributed by atoms with Crippen LogP contribution in [0, 0.1) is 5.82 Å². The summed E-state index contributed by atoms with van der Waals surface area (Å²) >= 11 is 1.19. The number of carbonyl (C=O) groups is 2. The minimum absolute atomic E-state index is 0.0407. The largest absolute Gasteiger partial charge is 0.497 e. The van der Waals surface area contributed by atoms with Crippen molar-refractivity contribution < 1.29 is 18.7 Å². The van der Waals surface area contributed by atoms with Crippen molar-refractivity contribution in [3.05, 3.63) is 65.7 Å². The second-order valence-electron chi connectivity index (χ2n) is 6.83. The molecule has 2 amide bonds. The number of anilines is 1. The highest BCUT2D eigenvalue weighted by Gasteiger charge is 2.20. The zero-order valence-electron chi connectivity index (χ0n) is 18.0. The summed E-state index contributed by atoms with van der Waals surface area (Å²) in [5.41, 5.74) is 0.630. The third kappa shape index (κ3) is 5.64. The van der Waals surface area contributed by atoms with Crippen LogP contribution in [0.3, 0.4) is 0 Å². The molecule has 0 aliphatic heterocycles. The smallest absolute Gasteiger partial charge is 0.251 e. The summed E-state index contributed by atoms with van der Waals surface area (Å²) in [6.45, 7) is 4.30. The number of aromatic nitrogens is 3. The minimum atomic E-state index is -0.494. The molecule has 0 radical (unpaired) electrons. The number of halogens is 1. The molecule has 0 aliphatic rings. The molecule has 168 valence electrons. The molecule has 1 aromatic heterocycles. The van der Waals surface area contributed by atoms with Gasteiger partial charge < -0.3 is 19.9 Å². The van der Waals surface area contributed by atoms with Crippen LogP contribution in [0.2, 0.25) is 0 Å². The summed E-state index contributed by atoms with van der Waals surface area (Å²) in [5, 5.41) is 14.4. The molecule has 2 N–H and O–H groups in total. The Morgan fingerprint density at radius 1 is 1.16 bits per heavy atom. The first-order chi connectivity index (χ1) is 15.4. The first-order valence-corrected chi connectivity index (χ1v) is 11.0. The van der Waals surface area contributed by atoms with E-state index in [1.165, 1.54) is 23.9 Å². The summed E-state index contributed by atoms with van der Waals surface area (Å²) < 4.78 is 20.6. The number of hydrogen-bond donors (Lipinski definition) is 2. The number of ether oxygens (including phenoxy) is 1. The lowest BCUT2D eigenvalue weighted by molar-refractivity contribution is -0.113. The molecule has 0 saturated carbocycles. The van der Waals surface area contributed by atoms with Gasteiger partial charge in [0.05, 0.1) is 24.6 Å². The number of amides is 2. The van der Waals surface area contributed by atoms with Crippen LogP contribution < -0.4 is 15.4 Å². The van der Waals surface area contributed by atoms with E-state index in [1.54, 1.807) is 43.5 Å². The first kappa shape index (κ1) is 23.3. The Hall–Kier alpha value is -3.40. The number of hydrogen-bond acceptors (Lipinski definition) is 6. The molecule has 3 rings (SSSR count). The summed E-state index contributed by atoms with van der Waals surface area (Å²) in [6.07, 6.45) is 0. The van der Waals surface area contributed by atoms with E-state index in [-0.39, 0.29) is 23.3 Å². The van der Waals surface area contributed by atoms with Crippen LogP contribution in [0.25, 0.3) is 0 Å². The van der Waals surface area contributed by atoms with Gasteiger partial charge in [-0.2, -0.15) is 0 Å². The SMILES string of the molecule is CCn1c(SCC(=O)Nc2ccccc2F)nnc1C(C)NC(=O)c1ccc(OC)cc1. The highest BCUT2D eigenvalue weighted by atomic mass is 32.2. The number of nitrogens with zero attached hydrogens (tertiary/aromatic N) is 3. The van der Waals surface area contributed by atoms with Crippen LogP contribution >= 0.6 is 11.8 Å². The minimum Gasteiger partial charge on any atom is -0.497 e. The van der Waals surface area contributed by atoms with Crippen LogP contribution in [0.1, 0.15) is 36.1 Å². The van der Waals surface area contributed by atoms with E-state index in [4.69, 9.17) is 4.74 Å². The normalized spacial score (nSPS) is 11.6. The lowest BCUT2D eigenvalue weighted by atomic mass is 10.2. The zero-order chi connectivity index (χ0) is 23.1. The molecule has 0 saturated heterocycles. The fraction of sp³-hybridized carbons (Fsp3) is 0.273. The number of methoxy groups -OCH3 is 1. The summed E-state index contributed by atoms with van der Waals surface area (Å²) in [5.74, 6) is 0.190. The second kappa shape index (κ2) is 10.8. The third-order valence-corrected chi connectivity index (χ3v) is 5.60. The van der Waals surface area contributed by atoms with Crippen LogP contribution in [0.5, 0.6) is 5.75 Å². The zero-order valence-corrected chi connectivity index (χ0v) is 18.8. The topological polar surface area (TPSA) is 98.1 Å². The molecule has 8 nitrogen and oxygen atoms in total. The maximum absolute atomic E-state index is 13.7. The van der Waals surface area contributed by atoms with Gasteiger partial charge in [-0.05, 0) is 50.2 Å². The van der Waals surface area contributed by atoms with Gasteiger partial charge in [0.1, 0.15) is 11.6 Å². The van der Waals surface area contributed by atoms with Crippen LogP contribution in [-0.4, -0.2) is 39.4 Å². The highest BCUT2D eigenvalue weighted by Crippen LogP contribution is 2.22. The standard InChI is InChI=1S/C22H24FN5O3S/c1-4-28-20(14(2)24-21(30)15-9-11-16(31-3)12-10-15)26-27-22(28)32-13-19(29)25-18-8-6-5-7-17(18)23/h5-12,14H,4,13H2,1-3H3,(H,24,30)(H,25,29). The fourth-order valence-corrected chi connectivity index (χ4v) is 3.80. The molecule has 3 aromatic rings. The molecule has 0 bridgehead atoms. The van der Waals surface area contributed by atoms with Crippen LogP contribution in [0.15, 0.2) is 53.7 Å². The summed E-state index contributed by atoms with van der Waals surface area (Å²) in [6, 6.07) is 12.4. The van der Waals surface area contributed by atoms with Crippen LogP contribution in [0.4, 0.5) is 10.1 Å². The van der Waals surface area contributed by atoms with Crippen molar-refractivity contribution in [1.29, 1.82) is 0 Å². The quantitative estimate of drug-likeness (QED) is 0.476. The third-order valence-electron chi connectivity index (χ3n) is 4.63. The lowest BCUT2D eigenvalue weighted by Crippen LogP contribution is -2.28. The Balaban J connectivity index is 1.62. The number of nitrogens with one attached hydrogen (secondary N) is 2. The predicted molar refractivity (Wildman–Crippen MR) is 120 cm³/mol. The predicted octanol–water partition coefficient (Wildman–Crippen LogP) is 3.67. The molecule has 1 atom stereocenters. The van der Waals surface area contributed by atoms with Crippen molar-refractivity contribution in [2.24, 2.45) is 0 Å². The van der Waals surface area contributed by atoms with E-state index in [9.17, 15) is 14.0 Å². The van der Waals surface area contributed by atoms with Gasteiger partial charge in [0.15, 0.2) is 11.0 Å². The Bertz CT molecular complexity index is 1090. The molecule has 0 aliphatic carbocycles. The first-order valence-electron chi connectivity index (χ1n) is 9.98. The van der Waals surface area contributed by atoms with Gasteiger partial charge in [0, 0.05) is 12.1 Å². The van der Waals surface area contributed by atoms with Crippen molar-refractivity contribution in [2.45, 2.75) is 31.6 Å². The molecule has 10 heteroatoms. The molecule has 0 spiro atoms. The van der Waals surface area contributed by atoms with E-state index in [0.29, 0.717) is 28.8 Å². The number of thioether (sulfide) groups is 1. The summed E-state index contributed by atoms with van der Waals surface area (Å²) in [4.78, 5) is 24.8. The van der Waals surface area contributed by atoms with Gasteiger partial charge in [-0.25, -0.2) is 4.39 Å². The Labute approximate surface area is 189 Å². The molecule has 1 unspecified atom stereocenters. The number of benzene rings is 2. The molecular weight excluding hydrogens is 433 g/mol. The lowest BCUT2D eigenvalue weighted by Gasteiger charge is -2.15. The molecule has 1 heterocycles. The van der Waals surface area contributed by atoms with Crippen molar-refractivity contribution >= 4 is 29.3 Å². The Morgan fingerprint density at radius 2 is 1.88 bits per heavy atom. The van der Waals surface area contributed by atoms with E-state index in [2.05, 4.69) is 20.8 Å². The van der Waals surface area contributed by atoms with Crippen molar-refractivity contribution in [2.75, 3.05) is 18.2 Å². The van der Waals surface area contributed by atoms with Gasteiger partial charge >= 0.3 is 0 Å². The van der Waals surface area contributed by atoms with E-state index in [0.717, 1.165) is 0 Å². The summed E-state index contributed by atoms with van der Waals surface area (Å²) in [7, 11) is 1.56. The molecule has 32 heavy (non-hydrogen) atoms. The van der Waals surface area contributed by atoms with Crippen LogP contribution in [-0.2, 0) is 11.3 Å². The average Bonchev–Trinajstić information content (AvgIpc) is 3.22. The fourth-order valence-electron chi connectivity index (χ4n) is 2.99. The second-order valence-corrected chi connectivity index (χ2v) is 7.77. The Kier molecular flexibility index (Phi) is 7.82. The van der Waals surface area contributed by atoms with Gasteiger partial charge in [-0.3, -0.25) is 9.59 Å². The van der Waals surface area contributed by atoms with Gasteiger partial charge in [-0.15, -0.1) is 10.2 Å². The maximum Gasteiger partial charge on any atom is 0.251 e. The number of carbonyl (C=O) groups excluding carboxylic acids is 2. The number of para-hydroxylation sites is 1. The van der Waals surface area contributed by atoms with Gasteiger partial charge in [0.2, 0.25) is 5.91 Å². The Morgan fingerprint density at radius 3 is 2.53 bits per heavy atom. The number of rotatable bonds is 9.